The third kappa shape index (κ3) is 5.78. The Hall–Kier alpha value is -1.90. The summed E-state index contributed by atoms with van der Waals surface area (Å²) in [5.41, 5.74) is 2.01. The number of para-hydroxylation sites is 1. The molecule has 0 aliphatic carbocycles. The summed E-state index contributed by atoms with van der Waals surface area (Å²) >= 11 is 13.0. The lowest BCUT2D eigenvalue weighted by molar-refractivity contribution is -0.122. The SMILES string of the molecule is O=C(CCc1ccc(COc2ccccc2Cl)cc1)[C@@H]1CCCN1S(=O)(=O)c1ccc(Cl)s1. The number of aryl methyl sites for hydroxylation is 1. The van der Waals surface area contributed by atoms with Gasteiger partial charge < -0.3 is 4.74 Å². The number of Topliss-reactive ketones (excluding diaryl/α,β-unsaturated/α-hetero) is 1. The van der Waals surface area contributed by atoms with Crippen molar-refractivity contribution in [3.8, 4) is 5.75 Å². The molecule has 0 radical (unpaired) electrons. The third-order valence-electron chi connectivity index (χ3n) is 5.60. The predicted octanol–water partition coefficient (Wildman–Crippen LogP) is 5.99. The minimum atomic E-state index is -3.71. The largest absolute Gasteiger partial charge is 0.487 e. The van der Waals surface area contributed by atoms with Gasteiger partial charge in [-0.05, 0) is 54.7 Å². The molecule has 1 aliphatic rings. The summed E-state index contributed by atoms with van der Waals surface area (Å²) in [6.07, 6.45) is 2.07. The van der Waals surface area contributed by atoms with Crippen molar-refractivity contribution in [3.63, 3.8) is 0 Å². The minimum Gasteiger partial charge on any atom is -0.487 e. The highest BCUT2D eigenvalue weighted by Crippen LogP contribution is 2.33. The van der Waals surface area contributed by atoms with E-state index in [9.17, 15) is 13.2 Å². The molecule has 0 amide bonds. The molecule has 2 aromatic carbocycles. The van der Waals surface area contributed by atoms with E-state index in [-0.39, 0.29) is 16.4 Å². The van der Waals surface area contributed by atoms with Gasteiger partial charge in [-0.25, -0.2) is 8.42 Å². The number of ether oxygens (including phenoxy) is 1. The highest BCUT2D eigenvalue weighted by Gasteiger charge is 2.39. The number of sulfonamides is 1. The summed E-state index contributed by atoms with van der Waals surface area (Å²) in [5, 5.41) is 0.567. The first-order valence-corrected chi connectivity index (χ1v) is 13.6. The van der Waals surface area contributed by atoms with Gasteiger partial charge in [0.25, 0.3) is 10.0 Å². The fraction of sp³-hybridized carbons (Fsp3) is 0.292. The van der Waals surface area contributed by atoms with E-state index in [1.54, 1.807) is 12.1 Å². The van der Waals surface area contributed by atoms with Crippen molar-refractivity contribution in [1.82, 2.24) is 4.31 Å². The average Bonchev–Trinajstić information content (AvgIpc) is 3.48. The lowest BCUT2D eigenvalue weighted by atomic mass is 10.0. The van der Waals surface area contributed by atoms with Crippen molar-refractivity contribution in [1.29, 1.82) is 0 Å². The number of thiophene rings is 1. The molecule has 1 fully saturated rings. The normalized spacial score (nSPS) is 16.7. The van der Waals surface area contributed by atoms with E-state index in [0.29, 0.717) is 47.5 Å². The summed E-state index contributed by atoms with van der Waals surface area (Å²) in [6.45, 7) is 0.749. The first-order chi connectivity index (χ1) is 15.8. The molecule has 174 valence electrons. The van der Waals surface area contributed by atoms with Crippen LogP contribution in [0.3, 0.4) is 0 Å². The van der Waals surface area contributed by atoms with Gasteiger partial charge in [-0.3, -0.25) is 4.79 Å². The fourth-order valence-corrected chi connectivity index (χ4v) is 7.34. The van der Waals surface area contributed by atoms with Gasteiger partial charge in [-0.15, -0.1) is 11.3 Å². The number of carbonyl (C=O) groups is 1. The Morgan fingerprint density at radius 1 is 1.03 bits per heavy atom. The van der Waals surface area contributed by atoms with Crippen molar-refractivity contribution in [2.75, 3.05) is 6.54 Å². The summed E-state index contributed by atoms with van der Waals surface area (Å²) in [6, 6.07) is 17.6. The molecule has 0 unspecified atom stereocenters. The maximum absolute atomic E-state index is 13.0. The van der Waals surface area contributed by atoms with Gasteiger partial charge in [-0.1, -0.05) is 59.6 Å². The van der Waals surface area contributed by atoms with E-state index in [2.05, 4.69) is 0 Å². The topological polar surface area (TPSA) is 63.7 Å². The molecule has 0 saturated carbocycles. The third-order valence-corrected chi connectivity index (χ3v) is 9.52. The zero-order valence-corrected chi connectivity index (χ0v) is 20.9. The maximum atomic E-state index is 13.0. The van der Waals surface area contributed by atoms with Gasteiger partial charge in [0.2, 0.25) is 0 Å². The number of benzene rings is 2. The van der Waals surface area contributed by atoms with Gasteiger partial charge in [0.1, 0.15) is 16.6 Å². The van der Waals surface area contributed by atoms with E-state index >= 15 is 0 Å². The second kappa shape index (κ2) is 10.6. The van der Waals surface area contributed by atoms with Gasteiger partial charge in [0.15, 0.2) is 5.78 Å². The van der Waals surface area contributed by atoms with Crippen LogP contribution in [0.1, 0.15) is 30.4 Å². The fourth-order valence-electron chi connectivity index (χ4n) is 3.86. The molecule has 1 atom stereocenters. The first kappa shape index (κ1) is 24.2. The maximum Gasteiger partial charge on any atom is 0.253 e. The molecule has 0 spiro atoms. The van der Waals surface area contributed by atoms with Crippen LogP contribution in [-0.4, -0.2) is 31.1 Å². The number of nitrogens with zero attached hydrogens (tertiary/aromatic N) is 1. The molecule has 3 aromatic rings. The molecule has 1 aliphatic heterocycles. The zero-order valence-electron chi connectivity index (χ0n) is 17.7. The highest BCUT2D eigenvalue weighted by molar-refractivity contribution is 7.91. The lowest BCUT2D eigenvalue weighted by Gasteiger charge is -2.22. The Bertz CT molecular complexity index is 1230. The molecule has 4 rings (SSSR count). The van der Waals surface area contributed by atoms with Crippen LogP contribution >= 0.6 is 34.5 Å². The molecular weight excluding hydrogens is 501 g/mol. The number of hydrogen-bond acceptors (Lipinski definition) is 5. The monoisotopic (exact) mass is 523 g/mol. The van der Waals surface area contributed by atoms with Crippen molar-refractivity contribution < 1.29 is 17.9 Å². The van der Waals surface area contributed by atoms with Crippen LogP contribution in [0.2, 0.25) is 9.36 Å². The minimum absolute atomic E-state index is 0.0511. The quantitative estimate of drug-likeness (QED) is 0.345. The van der Waals surface area contributed by atoms with E-state index in [1.165, 1.54) is 10.4 Å². The van der Waals surface area contributed by atoms with E-state index < -0.39 is 16.1 Å². The average molecular weight is 524 g/mol. The van der Waals surface area contributed by atoms with Crippen molar-refractivity contribution in [3.05, 3.63) is 81.1 Å². The van der Waals surface area contributed by atoms with Crippen LogP contribution in [-0.2, 0) is 27.8 Å². The molecule has 33 heavy (non-hydrogen) atoms. The molecule has 0 N–H and O–H groups in total. The van der Waals surface area contributed by atoms with Gasteiger partial charge in [0.05, 0.1) is 15.4 Å². The number of hydrogen-bond donors (Lipinski definition) is 0. The summed E-state index contributed by atoms with van der Waals surface area (Å²) in [7, 11) is -3.71. The Labute approximate surface area is 208 Å². The van der Waals surface area contributed by atoms with Crippen LogP contribution in [0.15, 0.2) is 64.9 Å². The number of rotatable bonds is 9. The van der Waals surface area contributed by atoms with E-state index in [4.69, 9.17) is 27.9 Å². The number of ketones is 1. The molecule has 1 saturated heterocycles. The van der Waals surface area contributed by atoms with Crippen LogP contribution in [0.5, 0.6) is 5.75 Å². The summed E-state index contributed by atoms with van der Waals surface area (Å²) < 4.78 is 33.6. The molecular formula is C24H23Cl2NO4S2. The predicted molar refractivity (Wildman–Crippen MR) is 132 cm³/mol. The van der Waals surface area contributed by atoms with Crippen molar-refractivity contribution in [2.24, 2.45) is 0 Å². The Balaban J connectivity index is 1.33. The van der Waals surface area contributed by atoms with Crippen LogP contribution < -0.4 is 4.74 Å². The molecule has 0 bridgehead atoms. The van der Waals surface area contributed by atoms with Gasteiger partial charge in [0, 0.05) is 13.0 Å². The van der Waals surface area contributed by atoms with Gasteiger partial charge >= 0.3 is 0 Å². The Morgan fingerprint density at radius 3 is 2.45 bits per heavy atom. The van der Waals surface area contributed by atoms with Gasteiger partial charge in [-0.2, -0.15) is 4.31 Å². The number of carbonyl (C=O) groups excluding carboxylic acids is 1. The van der Waals surface area contributed by atoms with E-state index in [0.717, 1.165) is 22.5 Å². The molecule has 5 nitrogen and oxygen atoms in total. The summed E-state index contributed by atoms with van der Waals surface area (Å²) in [4.78, 5) is 12.9. The summed E-state index contributed by atoms with van der Waals surface area (Å²) in [5.74, 6) is 0.583. The lowest BCUT2D eigenvalue weighted by Crippen LogP contribution is -2.40. The Morgan fingerprint density at radius 2 is 1.76 bits per heavy atom. The van der Waals surface area contributed by atoms with Crippen LogP contribution in [0.25, 0.3) is 0 Å². The molecule has 1 aromatic heterocycles. The Kier molecular flexibility index (Phi) is 7.76. The second-order valence-electron chi connectivity index (χ2n) is 7.83. The second-order valence-corrected chi connectivity index (χ2v) is 12.1. The van der Waals surface area contributed by atoms with Crippen LogP contribution in [0, 0.1) is 0 Å². The van der Waals surface area contributed by atoms with Crippen molar-refractivity contribution >= 4 is 50.3 Å². The number of halogens is 2. The van der Waals surface area contributed by atoms with Crippen LogP contribution in [0.4, 0.5) is 0 Å². The zero-order chi connectivity index (χ0) is 23.4. The van der Waals surface area contributed by atoms with E-state index in [1.807, 2.05) is 42.5 Å². The molecule has 9 heteroatoms. The first-order valence-electron chi connectivity index (χ1n) is 10.6. The standard InChI is InChI=1S/C24H23Cl2NO4S2/c25-19-4-1-2-6-22(19)31-16-18-9-7-17(8-10-18)11-12-21(28)20-5-3-15-27(20)33(29,30)24-14-13-23(26)32-24/h1-2,4,6-10,13-14,20H,3,5,11-12,15-16H2/t20-/m0/s1. The molecule has 2 heterocycles. The highest BCUT2D eigenvalue weighted by atomic mass is 35.5. The van der Waals surface area contributed by atoms with Crippen molar-refractivity contribution in [2.45, 2.75) is 42.5 Å². The smallest absolute Gasteiger partial charge is 0.253 e.